The second-order valence-corrected chi connectivity index (χ2v) is 36.6. The number of anilines is 15. The summed E-state index contributed by atoms with van der Waals surface area (Å²) in [6, 6.07) is 193. The molecule has 0 aliphatic carbocycles. The zero-order chi connectivity index (χ0) is 89.7. The van der Waals surface area contributed by atoms with Crippen molar-refractivity contribution in [2.75, 3.05) is 24.5 Å². The van der Waals surface area contributed by atoms with Gasteiger partial charge >= 0.3 is 0 Å². The summed E-state index contributed by atoms with van der Waals surface area (Å²) in [6.07, 6.45) is 0. The van der Waals surface area contributed by atoms with Crippen LogP contribution in [-0.2, 0) is 0 Å². The highest BCUT2D eigenvalue weighted by Gasteiger charge is 2.49. The Labute approximate surface area is 797 Å². The van der Waals surface area contributed by atoms with Gasteiger partial charge in [0.2, 0.25) is 6.71 Å². The first kappa shape index (κ1) is 79.8. The molecule has 0 aromatic heterocycles. The molecule has 5 nitrogen and oxygen atoms in total. The van der Waals surface area contributed by atoms with Gasteiger partial charge in [-0.3, -0.25) is 0 Å². The first-order valence-corrected chi connectivity index (χ1v) is 47.7. The van der Waals surface area contributed by atoms with Crippen molar-refractivity contribution in [3.8, 4) is 89.0 Å². The molecule has 136 heavy (non-hydrogen) atoms. The van der Waals surface area contributed by atoms with Gasteiger partial charge in [0.25, 0.3) is 6.71 Å². The first-order chi connectivity index (χ1) is 67.6. The Morgan fingerprint density at radius 3 is 1.00 bits per heavy atom. The van der Waals surface area contributed by atoms with Gasteiger partial charge in [0.15, 0.2) is 0 Å². The molecule has 0 atom stereocenters. The highest BCUT2D eigenvalue weighted by molar-refractivity contribution is 8.00. The molecule has 0 amide bonds. The number of nitrogens with zero attached hydrogens (tertiary/aromatic N) is 5. The van der Waals surface area contributed by atoms with Crippen molar-refractivity contribution in [2.24, 2.45) is 0 Å². The summed E-state index contributed by atoms with van der Waals surface area (Å²) < 4.78 is 0. The molecule has 0 fully saturated rings. The molecule has 0 saturated heterocycles. The Balaban J connectivity index is 0.766. The summed E-state index contributed by atoms with van der Waals surface area (Å²) in [7, 11) is 0. The van der Waals surface area contributed by atoms with Gasteiger partial charge < -0.3 is 24.5 Å². The average Bonchev–Trinajstić information content (AvgIpc) is 0.682. The lowest BCUT2D eigenvalue weighted by molar-refractivity contribution is 1.22. The standard InChI is InChI=1S/C128H85B2N5S/c1-9-42-86(43-10-1)98-58-29-35-70-112(98)131(94-56-23-8-24-57-94)96-80-119-126-120(81-96)135(128-102(90-50-17-5-18-51-90)66-41-67-103(128)91-52-19-6-20-53-91)118-85-122-111(84-110(118)129(126)109-69-34-40-75-117(109)134(119)115-73-38-32-61-101(115)89-48-15-4-16-49-89)130-108-68-33-39-74-116(108)132(95-78-76-93(77-79-95)125-106-64-27-25-62-104(106)124(92-54-21-7-22-55-92)105-63-26-28-65-107(105)125)121-82-97(83-123(136-122)127(121)130)133(113-71-36-30-59-99(113)87-44-11-2-12-45-87)114-72-37-31-60-100(114)88-46-13-3-14-47-88/h1-85H. The van der Waals surface area contributed by atoms with Crippen LogP contribution in [0.3, 0.4) is 0 Å². The summed E-state index contributed by atoms with van der Waals surface area (Å²) in [4.78, 5) is 15.4. The highest BCUT2D eigenvalue weighted by Crippen LogP contribution is 2.57. The first-order valence-electron chi connectivity index (χ1n) is 46.9. The van der Waals surface area contributed by atoms with Gasteiger partial charge in [0.05, 0.1) is 34.1 Å². The molecule has 26 rings (SSSR count). The van der Waals surface area contributed by atoms with Crippen LogP contribution in [0, 0.1) is 0 Å². The normalized spacial score (nSPS) is 12.5. The van der Waals surface area contributed by atoms with Crippen molar-refractivity contribution in [1.29, 1.82) is 0 Å². The van der Waals surface area contributed by atoms with E-state index in [0.717, 1.165) is 158 Å². The van der Waals surface area contributed by atoms with Gasteiger partial charge in [-0.2, -0.15) is 0 Å². The zero-order valence-electron chi connectivity index (χ0n) is 74.4. The van der Waals surface area contributed by atoms with Crippen molar-refractivity contribution in [1.82, 2.24) is 0 Å². The number of rotatable bonds is 17. The van der Waals surface area contributed by atoms with Crippen molar-refractivity contribution >= 4 is 165 Å². The fourth-order valence-electron chi connectivity index (χ4n) is 22.3. The third-order valence-electron chi connectivity index (χ3n) is 28.0. The Kier molecular flexibility index (Phi) is 19.7. The number of fused-ring (bicyclic) bond motifs is 10. The molecule has 0 unspecified atom stereocenters. The lowest BCUT2D eigenvalue weighted by atomic mass is 9.31. The van der Waals surface area contributed by atoms with Crippen molar-refractivity contribution in [2.45, 2.75) is 9.79 Å². The summed E-state index contributed by atoms with van der Waals surface area (Å²) in [5, 5.41) is 4.88. The van der Waals surface area contributed by atoms with Crippen LogP contribution in [0.2, 0.25) is 0 Å². The highest BCUT2D eigenvalue weighted by atomic mass is 32.2. The lowest BCUT2D eigenvalue weighted by Crippen LogP contribution is -2.64. The maximum atomic E-state index is 2.73. The summed E-state index contributed by atoms with van der Waals surface area (Å²) >= 11 is 1.91. The molecule has 4 aliphatic rings. The van der Waals surface area contributed by atoms with Crippen LogP contribution in [0.25, 0.3) is 111 Å². The molecule has 22 aromatic carbocycles. The van der Waals surface area contributed by atoms with E-state index in [9.17, 15) is 0 Å². The third kappa shape index (κ3) is 13.3. The van der Waals surface area contributed by atoms with E-state index in [1.165, 1.54) is 80.8 Å². The predicted molar refractivity (Wildman–Crippen MR) is 578 cm³/mol. The van der Waals surface area contributed by atoms with Crippen molar-refractivity contribution in [3.63, 3.8) is 0 Å². The van der Waals surface area contributed by atoms with E-state index < -0.39 is 0 Å². The van der Waals surface area contributed by atoms with Gasteiger partial charge in [-0.1, -0.05) is 442 Å². The van der Waals surface area contributed by atoms with Gasteiger partial charge in [-0.15, -0.1) is 0 Å². The van der Waals surface area contributed by atoms with Crippen LogP contribution in [0.1, 0.15) is 0 Å². The van der Waals surface area contributed by atoms with Crippen molar-refractivity contribution < 1.29 is 0 Å². The molecule has 0 N–H and O–H groups in total. The van der Waals surface area contributed by atoms with E-state index in [1.54, 1.807) is 0 Å². The fraction of sp³-hybridized carbons (Fsp3) is 0. The molecule has 4 aliphatic heterocycles. The zero-order valence-corrected chi connectivity index (χ0v) is 75.2. The summed E-state index contributed by atoms with van der Waals surface area (Å²) in [5.74, 6) is 0. The monoisotopic (exact) mass is 1750 g/mol. The fourth-order valence-corrected chi connectivity index (χ4v) is 23.5. The maximum Gasteiger partial charge on any atom is 0.252 e. The van der Waals surface area contributed by atoms with Crippen LogP contribution >= 0.6 is 11.8 Å². The SMILES string of the molecule is c1ccc(-c2ccccc2N(c2ccccc2)c2cc3c4c(c2)N(c2c(-c5ccccc5)cccc2-c2ccccc2)c2cc5c(cc2B4c2ccccc2N3c2ccccc2-c2ccccc2)B2c3ccccc3N(c3ccc(-c4c6ccccc6c(-c6ccccc6)c6ccccc46)cc3)c3cc(N(c4ccccc4-c4ccccc4)c4ccccc4-c4ccccc4)cc(c32)S5)cc1. The molecule has 0 saturated carbocycles. The molecule has 634 valence electrons. The number of hydrogen-bond acceptors (Lipinski definition) is 6. The Morgan fingerprint density at radius 1 is 0.184 bits per heavy atom. The van der Waals surface area contributed by atoms with Crippen LogP contribution in [0.4, 0.5) is 85.3 Å². The number of para-hydroxylation sites is 8. The average molecular weight is 1750 g/mol. The molecular weight excluding hydrogens is 1660 g/mol. The summed E-state index contributed by atoms with van der Waals surface area (Å²) in [6.45, 7) is -0.577. The van der Waals surface area contributed by atoms with E-state index in [0.29, 0.717) is 0 Å². The van der Waals surface area contributed by atoms with E-state index in [4.69, 9.17) is 0 Å². The number of benzene rings is 22. The van der Waals surface area contributed by atoms with Crippen LogP contribution in [0.5, 0.6) is 0 Å². The van der Waals surface area contributed by atoms with E-state index in [1.807, 2.05) is 11.8 Å². The van der Waals surface area contributed by atoms with Gasteiger partial charge in [-0.25, -0.2) is 0 Å². The minimum atomic E-state index is -0.313. The molecule has 8 heteroatoms. The van der Waals surface area contributed by atoms with Gasteiger partial charge in [0.1, 0.15) is 0 Å². The summed E-state index contributed by atoms with van der Waals surface area (Å²) in [5.41, 5.74) is 41.7. The van der Waals surface area contributed by atoms with Crippen LogP contribution in [0.15, 0.2) is 525 Å². The molecule has 0 bridgehead atoms. The van der Waals surface area contributed by atoms with Crippen molar-refractivity contribution in [3.05, 3.63) is 516 Å². The number of hydrogen-bond donors (Lipinski definition) is 0. The quantitative estimate of drug-likeness (QED) is 0.0662. The predicted octanol–water partition coefficient (Wildman–Crippen LogP) is 31.1. The Bertz CT molecular complexity index is 8200. The van der Waals surface area contributed by atoms with Gasteiger partial charge in [-0.05, 0) is 195 Å². The lowest BCUT2D eigenvalue weighted by Gasteiger charge is -2.47. The largest absolute Gasteiger partial charge is 0.311 e. The maximum absolute atomic E-state index is 2.73. The Hall–Kier alpha value is -17.2. The van der Waals surface area contributed by atoms with E-state index in [2.05, 4.69) is 540 Å². The molecule has 0 spiro atoms. The van der Waals surface area contributed by atoms with Gasteiger partial charge in [0, 0.05) is 94.4 Å². The molecule has 22 aromatic rings. The topological polar surface area (TPSA) is 16.2 Å². The molecular formula is C128H85B2N5S. The minimum absolute atomic E-state index is 0.264. The van der Waals surface area contributed by atoms with E-state index >= 15 is 0 Å². The molecule has 0 radical (unpaired) electrons. The van der Waals surface area contributed by atoms with Crippen LogP contribution in [-0.4, -0.2) is 13.4 Å². The smallest absolute Gasteiger partial charge is 0.252 e. The second-order valence-electron chi connectivity index (χ2n) is 35.5. The third-order valence-corrected chi connectivity index (χ3v) is 29.2. The van der Waals surface area contributed by atoms with Crippen LogP contribution < -0.4 is 57.3 Å². The second kappa shape index (κ2) is 33.6. The van der Waals surface area contributed by atoms with E-state index in [-0.39, 0.29) is 13.4 Å². The molecule has 4 heterocycles. The minimum Gasteiger partial charge on any atom is -0.311 e. The Morgan fingerprint density at radius 2 is 0.522 bits per heavy atom.